The topological polar surface area (TPSA) is 34.4 Å². The van der Waals surface area contributed by atoms with Crippen LogP contribution in [0.25, 0.3) is 5.65 Å². The molecular weight excluding hydrogens is 286 g/mol. The van der Waals surface area contributed by atoms with Crippen molar-refractivity contribution in [2.45, 2.75) is 19.8 Å². The van der Waals surface area contributed by atoms with Crippen LogP contribution < -0.4 is 5.56 Å². The van der Waals surface area contributed by atoms with Crippen LogP contribution >= 0.6 is 0 Å². The van der Waals surface area contributed by atoms with Crippen LogP contribution in [-0.2, 0) is 12.8 Å². The number of fused-ring (bicyclic) bond motifs is 1. The number of aryl methyl sites for hydroxylation is 3. The molecule has 0 atom stereocenters. The summed E-state index contributed by atoms with van der Waals surface area (Å²) in [4.78, 5) is 16.6. The molecular formula is C17H14F2N2O. The van der Waals surface area contributed by atoms with Gasteiger partial charge in [-0.25, -0.2) is 13.8 Å². The van der Waals surface area contributed by atoms with E-state index in [-0.39, 0.29) is 17.5 Å². The van der Waals surface area contributed by atoms with E-state index in [9.17, 15) is 13.6 Å². The number of rotatable bonds is 3. The summed E-state index contributed by atoms with van der Waals surface area (Å²) >= 11 is 0. The fraction of sp³-hybridized carbons (Fsp3) is 0.176. The fourth-order valence-corrected chi connectivity index (χ4v) is 2.50. The summed E-state index contributed by atoms with van der Waals surface area (Å²) in [5.41, 5.74) is 2.04. The first-order valence-corrected chi connectivity index (χ1v) is 6.97. The Kier molecular flexibility index (Phi) is 3.71. The molecule has 0 unspecified atom stereocenters. The number of hydrogen-bond donors (Lipinski definition) is 0. The fourth-order valence-electron chi connectivity index (χ4n) is 2.50. The normalized spacial score (nSPS) is 11.0. The van der Waals surface area contributed by atoms with Gasteiger partial charge in [0.15, 0.2) is 11.6 Å². The molecule has 22 heavy (non-hydrogen) atoms. The van der Waals surface area contributed by atoms with Crippen molar-refractivity contribution in [3.05, 3.63) is 81.4 Å². The second kappa shape index (κ2) is 5.67. The second-order valence-electron chi connectivity index (χ2n) is 5.16. The first-order valence-electron chi connectivity index (χ1n) is 6.97. The molecule has 0 fully saturated rings. The third-order valence-corrected chi connectivity index (χ3v) is 3.62. The predicted octanol–water partition coefficient (Wildman–Crippen LogP) is 3.07. The zero-order valence-electron chi connectivity index (χ0n) is 12.0. The van der Waals surface area contributed by atoms with Crippen molar-refractivity contribution < 1.29 is 8.78 Å². The molecule has 3 nitrogen and oxygen atoms in total. The zero-order chi connectivity index (χ0) is 15.7. The highest BCUT2D eigenvalue weighted by Gasteiger charge is 2.09. The second-order valence-corrected chi connectivity index (χ2v) is 5.16. The standard InChI is InChI=1S/C17H14F2N2O/c1-11-4-2-7-15-20-13(10-16(22)21(11)15)9-8-12-5-3-6-14(18)17(12)19/h2-7,10H,8-9H2,1H3. The number of pyridine rings is 1. The SMILES string of the molecule is Cc1cccc2nc(CCc3cccc(F)c3F)cc(=O)n12. The maximum absolute atomic E-state index is 13.6. The minimum absolute atomic E-state index is 0.169. The van der Waals surface area contributed by atoms with Gasteiger partial charge in [0.25, 0.3) is 5.56 Å². The van der Waals surface area contributed by atoms with Crippen molar-refractivity contribution in [3.8, 4) is 0 Å². The maximum atomic E-state index is 13.6. The molecule has 0 spiro atoms. The highest BCUT2D eigenvalue weighted by atomic mass is 19.2. The Hall–Kier alpha value is -2.56. The predicted molar refractivity (Wildman–Crippen MR) is 80.0 cm³/mol. The summed E-state index contributed by atoms with van der Waals surface area (Å²) in [5, 5.41) is 0. The molecule has 1 aromatic carbocycles. The molecule has 2 aromatic heterocycles. The van der Waals surface area contributed by atoms with Crippen LogP contribution in [0.3, 0.4) is 0 Å². The molecule has 0 aliphatic carbocycles. The van der Waals surface area contributed by atoms with Crippen molar-refractivity contribution in [1.29, 1.82) is 0 Å². The number of hydrogen-bond acceptors (Lipinski definition) is 2. The molecule has 0 saturated carbocycles. The van der Waals surface area contributed by atoms with Crippen LogP contribution in [0.5, 0.6) is 0 Å². The third-order valence-electron chi connectivity index (χ3n) is 3.62. The van der Waals surface area contributed by atoms with Gasteiger partial charge in [0, 0.05) is 17.5 Å². The Morgan fingerprint density at radius 3 is 2.68 bits per heavy atom. The van der Waals surface area contributed by atoms with Crippen LogP contribution in [0, 0.1) is 18.6 Å². The van der Waals surface area contributed by atoms with Gasteiger partial charge >= 0.3 is 0 Å². The number of aromatic nitrogens is 2. The van der Waals surface area contributed by atoms with E-state index in [2.05, 4.69) is 4.98 Å². The van der Waals surface area contributed by atoms with Gasteiger partial charge in [-0.05, 0) is 43.5 Å². The monoisotopic (exact) mass is 300 g/mol. The summed E-state index contributed by atoms with van der Waals surface area (Å²) < 4.78 is 28.3. The summed E-state index contributed by atoms with van der Waals surface area (Å²) in [6.07, 6.45) is 0.665. The summed E-state index contributed by atoms with van der Waals surface area (Å²) in [6.45, 7) is 1.83. The lowest BCUT2D eigenvalue weighted by Crippen LogP contribution is -2.17. The number of nitrogens with zero attached hydrogens (tertiary/aromatic N) is 2. The molecule has 0 saturated heterocycles. The molecule has 3 aromatic rings. The van der Waals surface area contributed by atoms with Gasteiger partial charge in [0.1, 0.15) is 5.65 Å². The summed E-state index contributed by atoms with van der Waals surface area (Å²) in [7, 11) is 0. The molecule has 0 radical (unpaired) electrons. The van der Waals surface area contributed by atoms with Gasteiger partial charge in [0.2, 0.25) is 0 Å². The summed E-state index contributed by atoms with van der Waals surface area (Å²) in [6, 6.07) is 10.9. The number of benzene rings is 1. The number of halogens is 2. The maximum Gasteiger partial charge on any atom is 0.258 e. The van der Waals surface area contributed by atoms with E-state index < -0.39 is 11.6 Å². The van der Waals surface area contributed by atoms with Crippen molar-refractivity contribution in [2.24, 2.45) is 0 Å². The van der Waals surface area contributed by atoms with Gasteiger partial charge in [-0.2, -0.15) is 0 Å². The van der Waals surface area contributed by atoms with Gasteiger partial charge in [-0.3, -0.25) is 9.20 Å². The lowest BCUT2D eigenvalue weighted by atomic mass is 10.1. The smallest absolute Gasteiger partial charge is 0.258 e. The van der Waals surface area contributed by atoms with E-state index >= 15 is 0 Å². The van der Waals surface area contributed by atoms with Crippen molar-refractivity contribution in [1.82, 2.24) is 9.38 Å². The minimum atomic E-state index is -0.861. The summed E-state index contributed by atoms with van der Waals surface area (Å²) in [5.74, 6) is -1.70. The van der Waals surface area contributed by atoms with E-state index in [4.69, 9.17) is 0 Å². The van der Waals surface area contributed by atoms with Crippen LogP contribution in [0.1, 0.15) is 17.0 Å². The zero-order valence-corrected chi connectivity index (χ0v) is 12.0. The van der Waals surface area contributed by atoms with E-state index in [0.29, 0.717) is 17.8 Å². The molecule has 2 heterocycles. The Morgan fingerprint density at radius 2 is 1.86 bits per heavy atom. The highest BCUT2D eigenvalue weighted by Crippen LogP contribution is 2.14. The van der Waals surface area contributed by atoms with Gasteiger partial charge < -0.3 is 0 Å². The lowest BCUT2D eigenvalue weighted by Gasteiger charge is -2.07. The molecule has 112 valence electrons. The third kappa shape index (κ3) is 2.62. The Balaban J connectivity index is 1.92. The Labute approximate surface area is 125 Å². The van der Waals surface area contributed by atoms with Crippen LogP contribution in [0.15, 0.2) is 47.3 Å². The molecule has 0 N–H and O–H groups in total. The molecule has 0 amide bonds. The minimum Gasteiger partial charge on any atom is -0.269 e. The van der Waals surface area contributed by atoms with E-state index in [0.717, 1.165) is 11.8 Å². The molecule has 5 heteroatoms. The van der Waals surface area contributed by atoms with E-state index in [1.54, 1.807) is 6.07 Å². The Morgan fingerprint density at radius 1 is 1.09 bits per heavy atom. The van der Waals surface area contributed by atoms with Gasteiger partial charge in [0.05, 0.1) is 0 Å². The van der Waals surface area contributed by atoms with Crippen molar-refractivity contribution in [3.63, 3.8) is 0 Å². The van der Waals surface area contributed by atoms with Gasteiger partial charge in [-0.15, -0.1) is 0 Å². The first-order chi connectivity index (χ1) is 10.6. The van der Waals surface area contributed by atoms with Crippen LogP contribution in [0.4, 0.5) is 8.78 Å². The Bertz CT molecular complexity index is 903. The quantitative estimate of drug-likeness (QED) is 0.745. The van der Waals surface area contributed by atoms with Crippen LogP contribution in [0.2, 0.25) is 0 Å². The molecule has 3 rings (SSSR count). The first kappa shape index (κ1) is 14.4. The van der Waals surface area contributed by atoms with E-state index in [1.807, 2.05) is 19.1 Å². The van der Waals surface area contributed by atoms with Crippen LogP contribution in [-0.4, -0.2) is 9.38 Å². The van der Waals surface area contributed by atoms with E-state index in [1.165, 1.54) is 22.6 Å². The molecule has 0 bridgehead atoms. The average molecular weight is 300 g/mol. The highest BCUT2D eigenvalue weighted by molar-refractivity contribution is 5.40. The lowest BCUT2D eigenvalue weighted by molar-refractivity contribution is 0.498. The largest absolute Gasteiger partial charge is 0.269 e. The average Bonchev–Trinajstić information content (AvgIpc) is 2.48. The van der Waals surface area contributed by atoms with Crippen molar-refractivity contribution >= 4 is 5.65 Å². The molecule has 0 aliphatic heterocycles. The molecule has 0 aliphatic rings. The van der Waals surface area contributed by atoms with Crippen molar-refractivity contribution in [2.75, 3.05) is 0 Å². The van der Waals surface area contributed by atoms with Gasteiger partial charge in [-0.1, -0.05) is 18.2 Å².